The molecule has 1 amide bonds. The highest BCUT2D eigenvalue weighted by Crippen LogP contribution is 2.35. The lowest BCUT2D eigenvalue weighted by atomic mass is 10.2. The number of fused-ring (bicyclic) bond motifs is 3. The van der Waals surface area contributed by atoms with Crippen molar-refractivity contribution in [2.24, 2.45) is 0 Å². The van der Waals surface area contributed by atoms with Crippen molar-refractivity contribution in [2.75, 3.05) is 23.3 Å². The number of hydrogen-bond acceptors (Lipinski definition) is 7. The quantitative estimate of drug-likeness (QED) is 0.623. The number of amides is 1. The average Bonchev–Trinajstić information content (AvgIpc) is 3.39. The van der Waals surface area contributed by atoms with Crippen molar-refractivity contribution in [3.8, 4) is 0 Å². The average molecular weight is 441 g/mol. The van der Waals surface area contributed by atoms with Crippen LogP contribution >= 0.6 is 0 Å². The van der Waals surface area contributed by atoms with Gasteiger partial charge in [0.1, 0.15) is 17.7 Å². The van der Waals surface area contributed by atoms with Crippen molar-refractivity contribution < 1.29 is 18.0 Å². The lowest BCUT2D eigenvalue weighted by Gasteiger charge is -2.34. The van der Waals surface area contributed by atoms with Gasteiger partial charge in [0.15, 0.2) is 5.82 Å². The van der Waals surface area contributed by atoms with Gasteiger partial charge < -0.3 is 15.1 Å². The van der Waals surface area contributed by atoms with Crippen LogP contribution in [0.15, 0.2) is 49.6 Å². The zero-order valence-corrected chi connectivity index (χ0v) is 16.8. The van der Waals surface area contributed by atoms with Gasteiger partial charge in [0.25, 0.3) is 0 Å². The third-order valence-electron chi connectivity index (χ3n) is 5.79. The maximum Gasteiger partial charge on any atom is 0.417 e. The molecule has 0 spiro atoms. The minimum absolute atomic E-state index is 0.0711. The van der Waals surface area contributed by atoms with E-state index in [2.05, 4.69) is 31.7 Å². The molecule has 2 aliphatic rings. The Hall–Kier alpha value is -3.76. The highest BCUT2D eigenvalue weighted by Gasteiger charge is 2.45. The minimum Gasteiger partial charge on any atom is -0.350 e. The first kappa shape index (κ1) is 20.2. The summed E-state index contributed by atoms with van der Waals surface area (Å²) in [4.78, 5) is 32.7. The monoisotopic (exact) mass is 441 g/mol. The second-order valence-electron chi connectivity index (χ2n) is 7.73. The Labute approximate surface area is 180 Å². The van der Waals surface area contributed by atoms with Gasteiger partial charge in [-0.15, -0.1) is 0 Å². The molecule has 164 valence electrons. The Morgan fingerprint density at radius 3 is 2.75 bits per heavy atom. The van der Waals surface area contributed by atoms with Gasteiger partial charge in [-0.3, -0.25) is 9.78 Å². The lowest BCUT2D eigenvalue weighted by molar-refractivity contribution is -0.137. The lowest BCUT2D eigenvalue weighted by Crippen LogP contribution is -2.48. The van der Waals surface area contributed by atoms with Gasteiger partial charge in [0.05, 0.1) is 35.0 Å². The second-order valence-corrected chi connectivity index (χ2v) is 7.73. The van der Waals surface area contributed by atoms with E-state index in [1.54, 1.807) is 6.07 Å². The summed E-state index contributed by atoms with van der Waals surface area (Å²) in [6, 6.07) is 4.86. The fourth-order valence-electron chi connectivity index (χ4n) is 4.32. The number of nitrogens with zero attached hydrogens (tertiary/aromatic N) is 6. The Kier molecular flexibility index (Phi) is 4.68. The van der Waals surface area contributed by atoms with E-state index >= 15 is 0 Å². The zero-order valence-electron chi connectivity index (χ0n) is 16.8. The summed E-state index contributed by atoms with van der Waals surface area (Å²) in [7, 11) is 0. The molecule has 2 aliphatic heterocycles. The number of aromatic nitrogens is 4. The fraction of sp³-hybridized carbons (Fsp3) is 0.286. The maximum absolute atomic E-state index is 13.0. The molecule has 0 aromatic carbocycles. The molecule has 2 fully saturated rings. The Morgan fingerprint density at radius 1 is 1.19 bits per heavy atom. The van der Waals surface area contributed by atoms with E-state index in [0.29, 0.717) is 29.9 Å². The number of piperazine rings is 1. The molecule has 0 aliphatic carbocycles. The molecule has 0 unspecified atom stereocenters. The molecule has 2 atom stereocenters. The third kappa shape index (κ3) is 3.49. The van der Waals surface area contributed by atoms with Crippen molar-refractivity contribution in [2.45, 2.75) is 24.7 Å². The van der Waals surface area contributed by atoms with Gasteiger partial charge >= 0.3 is 6.18 Å². The van der Waals surface area contributed by atoms with Gasteiger partial charge in [-0.1, -0.05) is 6.58 Å². The molecule has 8 nitrogen and oxygen atoms in total. The largest absolute Gasteiger partial charge is 0.417 e. The number of nitrogens with one attached hydrogen (secondary N) is 1. The van der Waals surface area contributed by atoms with Crippen molar-refractivity contribution in [3.63, 3.8) is 0 Å². The summed E-state index contributed by atoms with van der Waals surface area (Å²) in [6.07, 6.45) is 1.06. The molecular formula is C21H18F3N7O. The van der Waals surface area contributed by atoms with Crippen LogP contribution in [0, 0.1) is 0 Å². The predicted molar refractivity (Wildman–Crippen MR) is 111 cm³/mol. The molecule has 5 rings (SSSR count). The van der Waals surface area contributed by atoms with Crippen molar-refractivity contribution in [3.05, 3.63) is 55.1 Å². The van der Waals surface area contributed by atoms with Gasteiger partial charge in [0.2, 0.25) is 5.91 Å². The number of alkyl halides is 3. The molecule has 32 heavy (non-hydrogen) atoms. The van der Waals surface area contributed by atoms with E-state index < -0.39 is 11.7 Å². The van der Waals surface area contributed by atoms with E-state index in [4.69, 9.17) is 4.98 Å². The number of halogens is 3. The number of hydrogen-bond donors (Lipinski definition) is 1. The summed E-state index contributed by atoms with van der Waals surface area (Å²) < 4.78 is 39.1. The number of carbonyl (C=O) groups excluding carboxylic acids is 1. The Morgan fingerprint density at radius 2 is 2.03 bits per heavy atom. The van der Waals surface area contributed by atoms with Crippen LogP contribution in [-0.4, -0.2) is 55.9 Å². The first-order valence-electron chi connectivity index (χ1n) is 9.94. The van der Waals surface area contributed by atoms with Crippen LogP contribution in [0.4, 0.5) is 30.5 Å². The molecule has 0 radical (unpaired) electrons. The highest BCUT2D eigenvalue weighted by molar-refractivity contribution is 5.89. The van der Waals surface area contributed by atoms with Crippen LogP contribution in [0.3, 0.4) is 0 Å². The smallest absolute Gasteiger partial charge is 0.350 e. The minimum atomic E-state index is -4.50. The molecule has 2 bridgehead atoms. The first-order chi connectivity index (χ1) is 15.3. The van der Waals surface area contributed by atoms with E-state index in [9.17, 15) is 18.0 Å². The second kappa shape index (κ2) is 7.43. The molecule has 5 heterocycles. The fourth-order valence-corrected chi connectivity index (χ4v) is 4.32. The van der Waals surface area contributed by atoms with Crippen molar-refractivity contribution in [1.82, 2.24) is 24.8 Å². The third-order valence-corrected chi connectivity index (χ3v) is 5.79. The summed E-state index contributed by atoms with van der Waals surface area (Å²) >= 11 is 0. The zero-order chi connectivity index (χ0) is 22.5. The molecule has 11 heteroatoms. The van der Waals surface area contributed by atoms with Crippen LogP contribution in [0.5, 0.6) is 0 Å². The maximum atomic E-state index is 13.0. The van der Waals surface area contributed by atoms with E-state index in [1.807, 2.05) is 11.0 Å². The molecule has 3 aromatic rings. The van der Waals surface area contributed by atoms with Crippen LogP contribution in [-0.2, 0) is 11.0 Å². The molecule has 3 aromatic heterocycles. The number of pyridine rings is 2. The number of rotatable bonds is 4. The Balaban J connectivity index is 1.44. The predicted octanol–water partition coefficient (Wildman–Crippen LogP) is 3.16. The number of carbonyl (C=O) groups is 1. The summed E-state index contributed by atoms with van der Waals surface area (Å²) in [5.74, 6) is 0.916. The molecule has 2 saturated heterocycles. The van der Waals surface area contributed by atoms with E-state index in [-0.39, 0.29) is 29.5 Å². The Bertz CT molecular complexity index is 1220. The normalized spacial score (nSPS) is 20.1. The van der Waals surface area contributed by atoms with Gasteiger partial charge in [-0.05, 0) is 30.7 Å². The van der Waals surface area contributed by atoms with Crippen molar-refractivity contribution in [1.29, 1.82) is 0 Å². The van der Waals surface area contributed by atoms with E-state index in [0.717, 1.165) is 18.7 Å². The number of anilines is 3. The van der Waals surface area contributed by atoms with E-state index in [1.165, 1.54) is 18.6 Å². The van der Waals surface area contributed by atoms with Crippen LogP contribution < -0.4 is 10.2 Å². The number of likely N-dealkylation sites (tertiary alicyclic amines) is 1. The first-order valence-corrected chi connectivity index (χ1v) is 9.94. The molecule has 1 N–H and O–H groups in total. The van der Waals surface area contributed by atoms with Crippen LogP contribution in [0.2, 0.25) is 0 Å². The SMILES string of the molecule is C=CC(=O)N1C[C@@H]2C[C@H]1CN2c1ccc2ncnc(Nc3cncc(C(F)(F)F)c3)c2n1. The standard InChI is InChI=1S/C21H18F3N7O/c1-2-18(32)31-10-14-6-15(31)9-30(14)17-4-3-16-19(29-17)20(27-11-26-16)28-13-5-12(7-25-8-13)21(22,23)24/h2-5,7-8,11,14-15H,1,6,9-10H2,(H,26,27,28)/t14-,15-/m0/s1. The van der Waals surface area contributed by atoms with Crippen molar-refractivity contribution >= 4 is 34.3 Å². The van der Waals surface area contributed by atoms with Crippen LogP contribution in [0.25, 0.3) is 11.0 Å². The molecular weight excluding hydrogens is 423 g/mol. The summed E-state index contributed by atoms with van der Waals surface area (Å²) in [5, 5.41) is 2.88. The topological polar surface area (TPSA) is 87.1 Å². The van der Waals surface area contributed by atoms with Crippen LogP contribution in [0.1, 0.15) is 12.0 Å². The highest BCUT2D eigenvalue weighted by atomic mass is 19.4. The molecule has 0 saturated carbocycles. The van der Waals surface area contributed by atoms with Gasteiger partial charge in [-0.2, -0.15) is 13.2 Å². The summed E-state index contributed by atoms with van der Waals surface area (Å²) in [5.41, 5.74) is 0.273. The van der Waals surface area contributed by atoms with Gasteiger partial charge in [0, 0.05) is 19.3 Å². The summed E-state index contributed by atoms with van der Waals surface area (Å²) in [6.45, 7) is 4.81. The van der Waals surface area contributed by atoms with Gasteiger partial charge in [-0.25, -0.2) is 15.0 Å².